The number of carbonyl (C=O) groups excluding carboxylic acids is 1. The number of morpholine rings is 1. The van der Waals surface area contributed by atoms with Gasteiger partial charge in [-0.2, -0.15) is 0 Å². The van der Waals surface area contributed by atoms with Gasteiger partial charge in [0, 0.05) is 37.6 Å². The SMILES string of the molecule is CCC[C@H](C(=O)NCCN1CCOCC1)n1c(Cc2ccccc2Cl)nc2cc(Cl)c(Cl)cc21. The van der Waals surface area contributed by atoms with E-state index in [4.69, 9.17) is 44.5 Å². The molecule has 2 aromatic carbocycles. The van der Waals surface area contributed by atoms with Gasteiger partial charge in [0.2, 0.25) is 5.91 Å². The van der Waals surface area contributed by atoms with Crippen LogP contribution in [0.4, 0.5) is 0 Å². The molecule has 0 spiro atoms. The summed E-state index contributed by atoms with van der Waals surface area (Å²) in [4.78, 5) is 20.6. The first-order valence-corrected chi connectivity index (χ1v) is 12.8. The van der Waals surface area contributed by atoms with E-state index in [9.17, 15) is 4.79 Å². The van der Waals surface area contributed by atoms with Crippen LogP contribution in [0.25, 0.3) is 11.0 Å². The number of halogens is 3. The number of ether oxygens (including phenoxy) is 1. The fourth-order valence-corrected chi connectivity index (χ4v) is 4.87. The van der Waals surface area contributed by atoms with Gasteiger partial charge in [-0.1, -0.05) is 66.3 Å². The van der Waals surface area contributed by atoms with E-state index in [2.05, 4.69) is 17.1 Å². The van der Waals surface area contributed by atoms with E-state index in [1.54, 1.807) is 12.1 Å². The van der Waals surface area contributed by atoms with E-state index in [-0.39, 0.29) is 5.91 Å². The number of benzene rings is 2. The molecular formula is C25H29Cl3N4O2. The van der Waals surface area contributed by atoms with Crippen LogP contribution in [0.3, 0.4) is 0 Å². The lowest BCUT2D eigenvalue weighted by Crippen LogP contribution is -2.42. The summed E-state index contributed by atoms with van der Waals surface area (Å²) in [5.74, 6) is 0.726. The standard InChI is InChI=1S/C25H29Cl3N4O2/c1-2-5-22(25(33)29-8-9-31-10-12-34-13-11-31)32-23-16-20(28)19(27)15-21(23)30-24(32)14-17-6-3-4-7-18(17)26/h3-4,6-7,15-16,22H,2,5,8-14H2,1H3,(H,29,33)/t22-/m1/s1. The van der Waals surface area contributed by atoms with Crippen molar-refractivity contribution in [1.29, 1.82) is 0 Å². The molecule has 0 radical (unpaired) electrons. The number of hydrogen-bond donors (Lipinski definition) is 1. The van der Waals surface area contributed by atoms with E-state index >= 15 is 0 Å². The lowest BCUT2D eigenvalue weighted by atomic mass is 10.1. The third-order valence-corrected chi connectivity index (χ3v) is 7.21. The molecule has 34 heavy (non-hydrogen) atoms. The fourth-order valence-electron chi connectivity index (χ4n) is 4.36. The highest BCUT2D eigenvalue weighted by atomic mass is 35.5. The van der Waals surface area contributed by atoms with Crippen LogP contribution in [0.1, 0.15) is 37.2 Å². The van der Waals surface area contributed by atoms with E-state index in [0.717, 1.165) is 56.2 Å². The summed E-state index contributed by atoms with van der Waals surface area (Å²) >= 11 is 19.1. The van der Waals surface area contributed by atoms with Crippen molar-refractivity contribution in [3.63, 3.8) is 0 Å². The van der Waals surface area contributed by atoms with Gasteiger partial charge in [-0.3, -0.25) is 9.69 Å². The third kappa shape index (κ3) is 5.86. The molecule has 9 heteroatoms. The van der Waals surface area contributed by atoms with Gasteiger partial charge >= 0.3 is 0 Å². The van der Waals surface area contributed by atoms with Gasteiger partial charge in [-0.25, -0.2) is 4.98 Å². The van der Waals surface area contributed by atoms with Gasteiger partial charge in [0.15, 0.2) is 0 Å². The molecule has 4 rings (SSSR count). The molecule has 6 nitrogen and oxygen atoms in total. The highest BCUT2D eigenvalue weighted by molar-refractivity contribution is 6.42. The predicted octanol–water partition coefficient (Wildman–Crippen LogP) is 5.38. The quantitative estimate of drug-likeness (QED) is 0.409. The Labute approximate surface area is 215 Å². The smallest absolute Gasteiger partial charge is 0.243 e. The van der Waals surface area contributed by atoms with Gasteiger partial charge in [0.05, 0.1) is 34.3 Å². The molecule has 1 fully saturated rings. The number of carbonyl (C=O) groups is 1. The largest absolute Gasteiger partial charge is 0.379 e. The minimum Gasteiger partial charge on any atom is -0.379 e. The minimum absolute atomic E-state index is 0.0270. The zero-order valence-corrected chi connectivity index (χ0v) is 21.5. The summed E-state index contributed by atoms with van der Waals surface area (Å²) in [5.41, 5.74) is 2.44. The molecule has 0 aliphatic carbocycles. The summed E-state index contributed by atoms with van der Waals surface area (Å²) in [6, 6.07) is 10.8. The number of nitrogens with zero attached hydrogens (tertiary/aromatic N) is 3. The first-order chi connectivity index (χ1) is 16.5. The second-order valence-corrected chi connectivity index (χ2v) is 9.69. The Morgan fingerprint density at radius 1 is 1.12 bits per heavy atom. The maximum absolute atomic E-state index is 13.5. The summed E-state index contributed by atoms with van der Waals surface area (Å²) in [6.07, 6.45) is 2.00. The Kier molecular flexibility index (Phi) is 8.72. The number of nitrogens with one attached hydrogen (secondary N) is 1. The van der Waals surface area contributed by atoms with Gasteiger partial charge in [0.1, 0.15) is 11.9 Å². The molecule has 1 aromatic heterocycles. The predicted molar refractivity (Wildman–Crippen MR) is 138 cm³/mol. The van der Waals surface area contributed by atoms with E-state index in [1.807, 2.05) is 28.8 Å². The van der Waals surface area contributed by atoms with Crippen LogP contribution in [0, 0.1) is 0 Å². The number of rotatable bonds is 9. The second kappa shape index (κ2) is 11.7. The number of fused-ring (bicyclic) bond motifs is 1. The molecule has 2 heterocycles. The highest BCUT2D eigenvalue weighted by Gasteiger charge is 2.26. The van der Waals surface area contributed by atoms with E-state index in [0.29, 0.717) is 40.0 Å². The molecule has 0 unspecified atom stereocenters. The first-order valence-electron chi connectivity index (χ1n) is 11.6. The van der Waals surface area contributed by atoms with Crippen LogP contribution in [0.15, 0.2) is 36.4 Å². The maximum Gasteiger partial charge on any atom is 0.243 e. The highest BCUT2D eigenvalue weighted by Crippen LogP contribution is 2.33. The average molecular weight is 524 g/mol. The van der Waals surface area contributed by atoms with Crippen LogP contribution in [-0.2, 0) is 16.0 Å². The van der Waals surface area contributed by atoms with Crippen molar-refractivity contribution in [3.05, 3.63) is 62.9 Å². The summed E-state index contributed by atoms with van der Waals surface area (Å²) < 4.78 is 7.42. The van der Waals surface area contributed by atoms with Crippen molar-refractivity contribution in [2.45, 2.75) is 32.2 Å². The Morgan fingerprint density at radius 3 is 2.59 bits per heavy atom. The first kappa shape index (κ1) is 25.3. The molecule has 1 aliphatic rings. The Hall–Kier alpha value is -1.83. The zero-order chi connectivity index (χ0) is 24.1. The molecule has 1 atom stereocenters. The van der Waals surface area contributed by atoms with E-state index in [1.165, 1.54) is 0 Å². The molecule has 3 aromatic rings. The monoisotopic (exact) mass is 522 g/mol. The molecule has 1 saturated heterocycles. The lowest BCUT2D eigenvalue weighted by Gasteiger charge is -2.27. The molecule has 1 amide bonds. The Morgan fingerprint density at radius 2 is 1.85 bits per heavy atom. The molecule has 1 aliphatic heterocycles. The number of amides is 1. The zero-order valence-electron chi connectivity index (χ0n) is 19.2. The van der Waals surface area contributed by atoms with Crippen molar-refractivity contribution in [3.8, 4) is 0 Å². The van der Waals surface area contributed by atoms with Crippen molar-refractivity contribution in [2.24, 2.45) is 0 Å². The van der Waals surface area contributed by atoms with Gasteiger partial charge in [-0.15, -0.1) is 0 Å². The van der Waals surface area contributed by atoms with E-state index < -0.39 is 6.04 Å². The number of imidazole rings is 1. The number of hydrogen-bond acceptors (Lipinski definition) is 4. The van der Waals surface area contributed by atoms with Crippen molar-refractivity contribution < 1.29 is 9.53 Å². The van der Waals surface area contributed by atoms with Gasteiger partial charge in [-0.05, 0) is 30.2 Å². The maximum atomic E-state index is 13.5. The van der Waals surface area contributed by atoms with Crippen molar-refractivity contribution >= 4 is 51.7 Å². The van der Waals surface area contributed by atoms with Crippen LogP contribution in [0.5, 0.6) is 0 Å². The lowest BCUT2D eigenvalue weighted by molar-refractivity contribution is -0.124. The van der Waals surface area contributed by atoms with Crippen molar-refractivity contribution in [2.75, 3.05) is 39.4 Å². The number of aromatic nitrogens is 2. The van der Waals surface area contributed by atoms with Crippen LogP contribution in [-0.4, -0.2) is 59.8 Å². The summed E-state index contributed by atoms with van der Waals surface area (Å²) in [7, 11) is 0. The Balaban J connectivity index is 1.65. The molecule has 1 N–H and O–H groups in total. The van der Waals surface area contributed by atoms with Crippen LogP contribution >= 0.6 is 34.8 Å². The van der Waals surface area contributed by atoms with Gasteiger partial charge < -0.3 is 14.6 Å². The Bertz CT molecular complexity index is 1140. The van der Waals surface area contributed by atoms with Gasteiger partial charge in [0.25, 0.3) is 0 Å². The molecule has 0 saturated carbocycles. The topological polar surface area (TPSA) is 59.4 Å². The third-order valence-electron chi connectivity index (χ3n) is 6.12. The second-order valence-electron chi connectivity index (χ2n) is 8.47. The van der Waals surface area contributed by atoms with Crippen molar-refractivity contribution in [1.82, 2.24) is 19.8 Å². The minimum atomic E-state index is -0.422. The molecule has 182 valence electrons. The van der Waals surface area contributed by atoms with Crippen LogP contribution in [0.2, 0.25) is 15.1 Å². The fraction of sp³-hybridized carbons (Fsp3) is 0.440. The molecule has 0 bridgehead atoms. The van der Waals surface area contributed by atoms with Crippen LogP contribution < -0.4 is 5.32 Å². The summed E-state index contributed by atoms with van der Waals surface area (Å²) in [6.45, 7) is 6.71. The average Bonchev–Trinajstić information content (AvgIpc) is 3.16. The normalized spacial score (nSPS) is 15.5. The summed E-state index contributed by atoms with van der Waals surface area (Å²) in [5, 5.41) is 4.68. The molecular weight excluding hydrogens is 495 g/mol.